The van der Waals surface area contributed by atoms with Crippen LogP contribution in [-0.2, 0) is 4.79 Å². The van der Waals surface area contributed by atoms with Gasteiger partial charge in [0, 0.05) is 0 Å². The zero-order valence-electron chi connectivity index (χ0n) is 6.50. The fraction of sp³-hybridized carbons (Fsp3) is 0.625. The van der Waals surface area contributed by atoms with Crippen molar-refractivity contribution in [2.75, 3.05) is 0 Å². The van der Waals surface area contributed by atoms with E-state index in [0.717, 1.165) is 0 Å². The average molecular weight is 142 g/mol. The van der Waals surface area contributed by atoms with E-state index in [9.17, 15) is 4.79 Å². The van der Waals surface area contributed by atoms with Crippen molar-refractivity contribution < 1.29 is 9.90 Å². The molecule has 10 heavy (non-hydrogen) atoms. The van der Waals surface area contributed by atoms with Crippen molar-refractivity contribution in [2.45, 2.75) is 20.3 Å². The molecule has 0 heterocycles. The number of carboxylic acids is 1. The highest BCUT2D eigenvalue weighted by molar-refractivity contribution is 5.67. The first-order valence-electron chi connectivity index (χ1n) is 3.42. The zero-order chi connectivity index (χ0) is 8.15. The number of hydrogen-bond acceptors (Lipinski definition) is 1. The maximum Gasteiger partial charge on any atom is 0.303 e. The molecule has 1 N–H and O–H groups in total. The molecular weight excluding hydrogens is 128 g/mol. The minimum atomic E-state index is -0.751. The summed E-state index contributed by atoms with van der Waals surface area (Å²) in [7, 11) is 0. The smallest absolute Gasteiger partial charge is 0.303 e. The molecule has 0 fully saturated rings. The number of hydrogen-bond donors (Lipinski definition) is 1. The lowest BCUT2D eigenvalue weighted by molar-refractivity contribution is -0.138. The monoisotopic (exact) mass is 142 g/mol. The van der Waals surface area contributed by atoms with E-state index in [4.69, 9.17) is 5.11 Å². The normalized spacial score (nSPS) is 13.1. The van der Waals surface area contributed by atoms with Crippen LogP contribution in [0.2, 0.25) is 0 Å². The summed E-state index contributed by atoms with van der Waals surface area (Å²) in [5, 5.41) is 8.42. The minimum Gasteiger partial charge on any atom is -0.481 e. The third kappa shape index (κ3) is 3.28. The zero-order valence-corrected chi connectivity index (χ0v) is 6.50. The van der Waals surface area contributed by atoms with Crippen molar-refractivity contribution >= 4 is 5.97 Å². The summed E-state index contributed by atoms with van der Waals surface area (Å²) in [5.74, 6) is -0.273. The highest BCUT2D eigenvalue weighted by atomic mass is 16.4. The fourth-order valence-corrected chi connectivity index (χ4v) is 0.793. The summed E-state index contributed by atoms with van der Waals surface area (Å²) >= 11 is 0. The maximum atomic E-state index is 10.2. The molecule has 0 amide bonds. The van der Waals surface area contributed by atoms with Crippen LogP contribution in [0.15, 0.2) is 12.7 Å². The van der Waals surface area contributed by atoms with Crippen molar-refractivity contribution in [2.24, 2.45) is 11.8 Å². The van der Waals surface area contributed by atoms with Crippen molar-refractivity contribution in [3.8, 4) is 0 Å². The summed E-state index contributed by atoms with van der Waals surface area (Å²) in [4.78, 5) is 10.2. The van der Waals surface area contributed by atoms with Gasteiger partial charge in [0.25, 0.3) is 0 Å². The maximum absolute atomic E-state index is 10.2. The van der Waals surface area contributed by atoms with Crippen molar-refractivity contribution in [3.05, 3.63) is 12.7 Å². The van der Waals surface area contributed by atoms with E-state index in [1.807, 2.05) is 13.8 Å². The molecule has 0 aliphatic heterocycles. The first kappa shape index (κ1) is 9.21. The Kier molecular flexibility index (Phi) is 3.77. The third-order valence-electron chi connectivity index (χ3n) is 1.57. The highest BCUT2D eigenvalue weighted by Crippen LogP contribution is 2.15. The summed E-state index contributed by atoms with van der Waals surface area (Å²) in [5.41, 5.74) is 0. The summed E-state index contributed by atoms with van der Waals surface area (Å²) in [6.45, 7) is 7.56. The predicted molar refractivity (Wildman–Crippen MR) is 40.8 cm³/mol. The molecule has 0 unspecified atom stereocenters. The van der Waals surface area contributed by atoms with Crippen LogP contribution in [0.1, 0.15) is 20.3 Å². The Bertz CT molecular complexity index is 127. The number of rotatable bonds is 4. The van der Waals surface area contributed by atoms with E-state index in [-0.39, 0.29) is 12.3 Å². The second kappa shape index (κ2) is 4.09. The van der Waals surface area contributed by atoms with E-state index in [0.29, 0.717) is 5.92 Å². The van der Waals surface area contributed by atoms with Crippen molar-refractivity contribution in [3.63, 3.8) is 0 Å². The molecule has 58 valence electrons. The fourth-order valence-electron chi connectivity index (χ4n) is 0.793. The molecule has 1 atom stereocenters. The summed E-state index contributed by atoms with van der Waals surface area (Å²) in [6.07, 6.45) is 1.90. The minimum absolute atomic E-state index is 0.109. The van der Waals surface area contributed by atoms with Crippen molar-refractivity contribution in [1.29, 1.82) is 0 Å². The van der Waals surface area contributed by atoms with Crippen LogP contribution in [0.3, 0.4) is 0 Å². The van der Waals surface area contributed by atoms with E-state index >= 15 is 0 Å². The van der Waals surface area contributed by atoms with E-state index in [1.54, 1.807) is 6.08 Å². The molecule has 0 aromatic heterocycles. The van der Waals surface area contributed by atoms with E-state index in [2.05, 4.69) is 6.58 Å². The van der Waals surface area contributed by atoms with E-state index < -0.39 is 5.97 Å². The molecule has 0 saturated heterocycles. The number of aliphatic carboxylic acids is 1. The van der Waals surface area contributed by atoms with Gasteiger partial charge in [-0.05, 0) is 11.8 Å². The first-order valence-corrected chi connectivity index (χ1v) is 3.42. The Balaban J connectivity index is 3.83. The molecule has 0 aliphatic carbocycles. The molecule has 0 bridgehead atoms. The standard InChI is InChI=1S/C8H14O2/c1-4-7(6(2)3)5-8(9)10/h4,6-7H,1,5H2,2-3H3,(H,9,10)/t7-/m1/s1. The third-order valence-corrected chi connectivity index (χ3v) is 1.57. The molecule has 0 aromatic carbocycles. The lowest BCUT2D eigenvalue weighted by Crippen LogP contribution is -2.10. The highest BCUT2D eigenvalue weighted by Gasteiger charge is 2.12. The van der Waals surface area contributed by atoms with Gasteiger partial charge in [0.1, 0.15) is 0 Å². The van der Waals surface area contributed by atoms with Gasteiger partial charge in [-0.1, -0.05) is 19.9 Å². The largest absolute Gasteiger partial charge is 0.481 e. The van der Waals surface area contributed by atoms with Gasteiger partial charge >= 0.3 is 5.97 Å². The van der Waals surface area contributed by atoms with Gasteiger partial charge in [-0.25, -0.2) is 0 Å². The number of allylic oxidation sites excluding steroid dienone is 1. The molecular formula is C8H14O2. The van der Waals surface area contributed by atoms with Gasteiger partial charge in [-0.3, -0.25) is 4.79 Å². The van der Waals surface area contributed by atoms with Gasteiger partial charge in [0.15, 0.2) is 0 Å². The van der Waals surface area contributed by atoms with Crippen LogP contribution in [-0.4, -0.2) is 11.1 Å². The first-order chi connectivity index (χ1) is 4.57. The van der Waals surface area contributed by atoms with Gasteiger partial charge < -0.3 is 5.11 Å². The lowest BCUT2D eigenvalue weighted by atomic mass is 9.93. The molecule has 2 heteroatoms. The van der Waals surface area contributed by atoms with Crippen LogP contribution in [0, 0.1) is 11.8 Å². The molecule has 0 spiro atoms. The SMILES string of the molecule is C=C[C@H](CC(=O)O)C(C)C. The molecule has 0 radical (unpaired) electrons. The second-order valence-electron chi connectivity index (χ2n) is 2.74. The summed E-state index contributed by atoms with van der Waals surface area (Å²) in [6, 6.07) is 0. The molecule has 0 aromatic rings. The van der Waals surface area contributed by atoms with Crippen LogP contribution in [0.4, 0.5) is 0 Å². The Morgan fingerprint density at radius 2 is 2.20 bits per heavy atom. The van der Waals surface area contributed by atoms with Gasteiger partial charge in [0.05, 0.1) is 6.42 Å². The molecule has 0 saturated carbocycles. The summed E-state index contributed by atoms with van der Waals surface area (Å²) < 4.78 is 0. The Morgan fingerprint density at radius 1 is 1.70 bits per heavy atom. The molecule has 0 rings (SSSR count). The van der Waals surface area contributed by atoms with Crippen LogP contribution >= 0.6 is 0 Å². The Hall–Kier alpha value is -0.790. The van der Waals surface area contributed by atoms with Crippen LogP contribution in [0.25, 0.3) is 0 Å². The number of carboxylic acid groups (broad SMARTS) is 1. The Morgan fingerprint density at radius 3 is 2.30 bits per heavy atom. The average Bonchev–Trinajstić information content (AvgIpc) is 1.81. The van der Waals surface area contributed by atoms with Gasteiger partial charge in [-0.2, -0.15) is 0 Å². The Labute approximate surface area is 61.6 Å². The molecule has 2 nitrogen and oxygen atoms in total. The van der Waals surface area contributed by atoms with Crippen LogP contribution < -0.4 is 0 Å². The number of carbonyl (C=O) groups is 1. The van der Waals surface area contributed by atoms with Crippen molar-refractivity contribution in [1.82, 2.24) is 0 Å². The van der Waals surface area contributed by atoms with Gasteiger partial charge in [-0.15, -0.1) is 6.58 Å². The molecule has 0 aliphatic rings. The topological polar surface area (TPSA) is 37.3 Å². The van der Waals surface area contributed by atoms with E-state index in [1.165, 1.54) is 0 Å². The van der Waals surface area contributed by atoms with Crippen LogP contribution in [0.5, 0.6) is 0 Å². The predicted octanol–water partition coefficient (Wildman–Crippen LogP) is 1.92. The lowest BCUT2D eigenvalue weighted by Gasteiger charge is -2.12. The second-order valence-corrected chi connectivity index (χ2v) is 2.74. The van der Waals surface area contributed by atoms with Gasteiger partial charge in [0.2, 0.25) is 0 Å². The quantitative estimate of drug-likeness (QED) is 0.609.